The predicted octanol–water partition coefficient (Wildman–Crippen LogP) is 3.96. The third-order valence-corrected chi connectivity index (χ3v) is 3.38. The van der Waals surface area contributed by atoms with Crippen LogP contribution in [-0.4, -0.2) is 6.54 Å². The van der Waals surface area contributed by atoms with Crippen molar-refractivity contribution in [3.63, 3.8) is 0 Å². The topological polar surface area (TPSA) is 26.0 Å². The van der Waals surface area contributed by atoms with Crippen LogP contribution < -0.4 is 5.73 Å². The predicted molar refractivity (Wildman–Crippen MR) is 67.3 cm³/mol. The van der Waals surface area contributed by atoms with Gasteiger partial charge < -0.3 is 5.73 Å². The number of rotatable bonds is 5. The van der Waals surface area contributed by atoms with Crippen molar-refractivity contribution in [2.45, 2.75) is 32.6 Å². The zero-order valence-electron chi connectivity index (χ0n) is 9.84. The molecule has 2 unspecified atom stereocenters. The average Bonchev–Trinajstić information content (AvgIpc) is 2.24. The van der Waals surface area contributed by atoms with E-state index in [1.807, 2.05) is 0 Å². The Labute approximate surface area is 102 Å². The lowest BCUT2D eigenvalue weighted by molar-refractivity contribution is 0.416. The van der Waals surface area contributed by atoms with Crippen LogP contribution in [0, 0.1) is 11.7 Å². The summed E-state index contributed by atoms with van der Waals surface area (Å²) in [6.45, 7) is 4.65. The Hall–Kier alpha value is -0.600. The Morgan fingerprint density at radius 2 is 2.12 bits per heavy atom. The molecule has 1 nitrogen and oxygen atoms in total. The second-order valence-electron chi connectivity index (χ2n) is 4.24. The van der Waals surface area contributed by atoms with Crippen molar-refractivity contribution >= 4 is 11.6 Å². The first-order chi connectivity index (χ1) is 7.61. The maximum absolute atomic E-state index is 13.7. The Balaban J connectivity index is 3.03. The number of nitrogens with two attached hydrogens (primary N) is 1. The summed E-state index contributed by atoms with van der Waals surface area (Å²) in [6.07, 6.45) is 2.11. The van der Waals surface area contributed by atoms with E-state index in [9.17, 15) is 4.39 Å². The first-order valence-corrected chi connectivity index (χ1v) is 6.13. The van der Waals surface area contributed by atoms with Crippen molar-refractivity contribution in [2.75, 3.05) is 6.54 Å². The summed E-state index contributed by atoms with van der Waals surface area (Å²) >= 11 is 6.05. The zero-order valence-corrected chi connectivity index (χ0v) is 10.6. The highest BCUT2D eigenvalue weighted by Gasteiger charge is 2.22. The van der Waals surface area contributed by atoms with Crippen LogP contribution in [0.25, 0.3) is 0 Å². The molecule has 0 aliphatic heterocycles. The first-order valence-electron chi connectivity index (χ1n) is 5.75. The first kappa shape index (κ1) is 13.5. The molecule has 1 rings (SSSR count). The molecule has 0 saturated heterocycles. The van der Waals surface area contributed by atoms with Crippen LogP contribution in [-0.2, 0) is 0 Å². The van der Waals surface area contributed by atoms with Crippen molar-refractivity contribution in [1.29, 1.82) is 0 Å². The standard InChI is InChI=1S/C13H19ClFN/c1-3-5-9(2)10(8-16)13-11(14)6-4-7-12(13)15/h4,6-7,9-10H,3,5,8,16H2,1-2H3. The Bertz CT molecular complexity index is 320. The van der Waals surface area contributed by atoms with E-state index < -0.39 is 0 Å². The third kappa shape index (κ3) is 2.96. The molecule has 1 aromatic rings. The smallest absolute Gasteiger partial charge is 0.128 e. The molecular formula is C13H19ClFN. The van der Waals surface area contributed by atoms with Crippen molar-refractivity contribution in [2.24, 2.45) is 11.7 Å². The minimum absolute atomic E-state index is 0.00801. The van der Waals surface area contributed by atoms with Gasteiger partial charge in [-0.3, -0.25) is 0 Å². The summed E-state index contributed by atoms with van der Waals surface area (Å²) in [5, 5.41) is 0.485. The lowest BCUT2D eigenvalue weighted by Crippen LogP contribution is -2.21. The summed E-state index contributed by atoms with van der Waals surface area (Å²) in [7, 11) is 0. The van der Waals surface area contributed by atoms with E-state index in [4.69, 9.17) is 17.3 Å². The van der Waals surface area contributed by atoms with Crippen LogP contribution in [0.3, 0.4) is 0 Å². The van der Waals surface area contributed by atoms with Gasteiger partial charge in [0.15, 0.2) is 0 Å². The molecule has 0 heterocycles. The van der Waals surface area contributed by atoms with Gasteiger partial charge in [0.05, 0.1) is 0 Å². The molecule has 1 aromatic carbocycles. The summed E-state index contributed by atoms with van der Waals surface area (Å²) in [6, 6.07) is 4.79. The van der Waals surface area contributed by atoms with Gasteiger partial charge in [-0.05, 0) is 24.6 Å². The fourth-order valence-corrected chi connectivity index (χ4v) is 2.46. The van der Waals surface area contributed by atoms with E-state index in [2.05, 4.69) is 13.8 Å². The molecule has 0 fully saturated rings. The molecule has 0 aliphatic carbocycles. The van der Waals surface area contributed by atoms with Crippen molar-refractivity contribution in [1.82, 2.24) is 0 Å². The second kappa shape index (κ2) is 6.21. The maximum Gasteiger partial charge on any atom is 0.128 e. The van der Waals surface area contributed by atoms with E-state index in [0.717, 1.165) is 12.8 Å². The fourth-order valence-electron chi connectivity index (χ4n) is 2.16. The van der Waals surface area contributed by atoms with Gasteiger partial charge in [-0.25, -0.2) is 4.39 Å². The largest absolute Gasteiger partial charge is 0.330 e. The van der Waals surface area contributed by atoms with Crippen LogP contribution in [0.1, 0.15) is 38.2 Å². The van der Waals surface area contributed by atoms with Crippen LogP contribution in [0.4, 0.5) is 4.39 Å². The summed E-state index contributed by atoms with van der Waals surface area (Å²) in [5.41, 5.74) is 6.32. The van der Waals surface area contributed by atoms with Crippen LogP contribution in [0.2, 0.25) is 5.02 Å². The molecule has 0 aromatic heterocycles. The molecule has 0 saturated carbocycles. The number of benzene rings is 1. The lowest BCUT2D eigenvalue weighted by atomic mass is 9.84. The van der Waals surface area contributed by atoms with Crippen LogP contribution >= 0.6 is 11.6 Å². The molecule has 0 amide bonds. The van der Waals surface area contributed by atoms with E-state index in [1.165, 1.54) is 6.07 Å². The van der Waals surface area contributed by atoms with Crippen molar-refractivity contribution < 1.29 is 4.39 Å². The maximum atomic E-state index is 13.7. The van der Waals surface area contributed by atoms with Crippen LogP contribution in [0.5, 0.6) is 0 Å². The Kier molecular flexibility index (Phi) is 5.23. The fraction of sp³-hybridized carbons (Fsp3) is 0.538. The number of hydrogen-bond acceptors (Lipinski definition) is 1. The van der Waals surface area contributed by atoms with Gasteiger partial charge >= 0.3 is 0 Å². The molecule has 2 N–H and O–H groups in total. The van der Waals surface area contributed by atoms with Gasteiger partial charge in [0, 0.05) is 16.5 Å². The number of hydrogen-bond donors (Lipinski definition) is 1. The molecule has 0 bridgehead atoms. The van der Waals surface area contributed by atoms with E-state index in [1.54, 1.807) is 12.1 Å². The number of halogens is 2. The van der Waals surface area contributed by atoms with Crippen molar-refractivity contribution in [3.05, 3.63) is 34.6 Å². The zero-order chi connectivity index (χ0) is 12.1. The molecule has 16 heavy (non-hydrogen) atoms. The highest BCUT2D eigenvalue weighted by molar-refractivity contribution is 6.31. The third-order valence-electron chi connectivity index (χ3n) is 3.06. The van der Waals surface area contributed by atoms with Crippen molar-refractivity contribution in [3.8, 4) is 0 Å². The normalized spacial score (nSPS) is 14.8. The Morgan fingerprint density at radius 1 is 1.44 bits per heavy atom. The van der Waals surface area contributed by atoms with E-state index in [0.29, 0.717) is 23.0 Å². The quantitative estimate of drug-likeness (QED) is 0.833. The van der Waals surface area contributed by atoms with Gasteiger partial charge in [0.1, 0.15) is 5.82 Å². The van der Waals surface area contributed by atoms with Gasteiger partial charge in [0.2, 0.25) is 0 Å². The molecule has 90 valence electrons. The van der Waals surface area contributed by atoms with Gasteiger partial charge in [0.25, 0.3) is 0 Å². The van der Waals surface area contributed by atoms with Crippen LogP contribution in [0.15, 0.2) is 18.2 Å². The SMILES string of the molecule is CCCC(C)C(CN)c1c(F)cccc1Cl. The summed E-state index contributed by atoms with van der Waals surface area (Å²) in [4.78, 5) is 0. The minimum Gasteiger partial charge on any atom is -0.330 e. The minimum atomic E-state index is -0.245. The molecular weight excluding hydrogens is 225 g/mol. The monoisotopic (exact) mass is 243 g/mol. The average molecular weight is 244 g/mol. The molecule has 3 heteroatoms. The highest BCUT2D eigenvalue weighted by atomic mass is 35.5. The summed E-state index contributed by atoms with van der Waals surface area (Å²) in [5.74, 6) is 0.115. The summed E-state index contributed by atoms with van der Waals surface area (Å²) < 4.78 is 13.7. The van der Waals surface area contributed by atoms with Gasteiger partial charge in [-0.1, -0.05) is 44.4 Å². The Morgan fingerprint density at radius 3 is 2.62 bits per heavy atom. The second-order valence-corrected chi connectivity index (χ2v) is 4.65. The van der Waals surface area contributed by atoms with Gasteiger partial charge in [-0.2, -0.15) is 0 Å². The molecule has 2 atom stereocenters. The molecule has 0 spiro atoms. The molecule has 0 aliphatic rings. The van der Waals surface area contributed by atoms with Gasteiger partial charge in [-0.15, -0.1) is 0 Å². The van der Waals surface area contributed by atoms with E-state index in [-0.39, 0.29) is 11.7 Å². The van der Waals surface area contributed by atoms with E-state index >= 15 is 0 Å². The lowest BCUT2D eigenvalue weighted by Gasteiger charge is -2.24. The molecule has 0 radical (unpaired) electrons. The highest BCUT2D eigenvalue weighted by Crippen LogP contribution is 2.33.